The van der Waals surface area contributed by atoms with E-state index in [1.807, 2.05) is 0 Å². The van der Waals surface area contributed by atoms with E-state index >= 15 is 0 Å². The van der Waals surface area contributed by atoms with E-state index in [0.29, 0.717) is 0 Å². The molecule has 0 aromatic carbocycles. The average molecular weight is 832 g/mol. The van der Waals surface area contributed by atoms with Gasteiger partial charge in [-0.2, -0.15) is 87.8 Å². The number of nitrogens with zero attached hydrogens (tertiary/aromatic N) is 1. The SMILES string of the molecule is C[N+](C)(C)C(CC(=O)OCCC(F)(F)C(F)(F)C(F)(F)C(F)(F)C(F)(F)C(F)F)C(=O)OCCC(F)(F)C(F)(F)C(F)(F)C(F)(F)C(F)(F)C(F)F. The normalized spacial score (nSPS) is 16.0. The maximum atomic E-state index is 13.9. The first-order chi connectivity index (χ1) is 22.5. The summed E-state index contributed by atoms with van der Waals surface area (Å²) in [7, 11) is 2.62. The Labute approximate surface area is 273 Å². The molecule has 0 N–H and O–H groups in total. The number of hydrogen-bond donors (Lipinski definition) is 0. The second kappa shape index (κ2) is 14.8. The van der Waals surface area contributed by atoms with E-state index in [2.05, 4.69) is 9.47 Å². The summed E-state index contributed by atoms with van der Waals surface area (Å²) in [6.45, 7) is -4.48. The van der Waals surface area contributed by atoms with E-state index in [0.717, 1.165) is 21.1 Å². The molecule has 0 aromatic heterocycles. The average Bonchev–Trinajstić information content (AvgIpc) is 2.93. The number of likely N-dealkylation sites (N-methyl/N-ethyl adjacent to an activating group) is 1. The molecule has 310 valence electrons. The highest BCUT2D eigenvalue weighted by molar-refractivity contribution is 5.81. The Bertz CT molecular complexity index is 1250. The molecule has 52 heavy (non-hydrogen) atoms. The Balaban J connectivity index is 5.81. The standard InChI is InChI=1S/C23H22F24NO4/c1-48(2,3)9(11(50)52-7-5-15(30,31)19(38,39)23(46,47)21(42,43)17(34,35)13(26)27)8-10(49)51-6-4-14(28,29)18(36,37)22(44,45)20(40,41)16(32,33)12(24)25/h9,12-13H,4-8H2,1-3H3/q+1. The molecule has 0 amide bonds. The minimum atomic E-state index is -7.92. The van der Waals surface area contributed by atoms with Crippen molar-refractivity contribution in [1.29, 1.82) is 0 Å². The van der Waals surface area contributed by atoms with Gasteiger partial charge in [0.2, 0.25) is 0 Å². The van der Waals surface area contributed by atoms with Gasteiger partial charge in [-0.05, 0) is 0 Å². The van der Waals surface area contributed by atoms with Crippen LogP contribution in [0.1, 0.15) is 19.3 Å². The fourth-order valence-electron chi connectivity index (χ4n) is 3.42. The zero-order chi connectivity index (χ0) is 42.3. The zero-order valence-corrected chi connectivity index (χ0v) is 25.4. The Morgan fingerprint density at radius 3 is 1.04 bits per heavy atom. The number of carbonyl (C=O) groups excluding carboxylic acids is 2. The van der Waals surface area contributed by atoms with Gasteiger partial charge < -0.3 is 14.0 Å². The van der Waals surface area contributed by atoms with E-state index in [1.165, 1.54) is 0 Å². The van der Waals surface area contributed by atoms with Crippen molar-refractivity contribution < 1.29 is 129 Å². The third-order valence-electron chi connectivity index (χ3n) is 6.79. The van der Waals surface area contributed by atoms with Crippen LogP contribution in [0, 0.1) is 0 Å². The van der Waals surface area contributed by atoms with E-state index < -0.39 is 127 Å². The third-order valence-corrected chi connectivity index (χ3v) is 6.79. The molecule has 0 rings (SSSR count). The lowest BCUT2D eigenvalue weighted by molar-refractivity contribution is -0.886. The van der Waals surface area contributed by atoms with Crippen molar-refractivity contribution in [3.8, 4) is 0 Å². The van der Waals surface area contributed by atoms with Gasteiger partial charge in [0, 0.05) is 0 Å². The largest absolute Gasteiger partial charge is 0.465 e. The van der Waals surface area contributed by atoms with Gasteiger partial charge in [-0.1, -0.05) is 0 Å². The van der Waals surface area contributed by atoms with Gasteiger partial charge in [0.1, 0.15) is 6.42 Å². The summed E-state index contributed by atoms with van der Waals surface area (Å²) >= 11 is 0. The molecule has 0 radical (unpaired) electrons. The van der Waals surface area contributed by atoms with Crippen molar-refractivity contribution in [1.82, 2.24) is 0 Å². The van der Waals surface area contributed by atoms with E-state index in [-0.39, 0.29) is 0 Å². The highest BCUT2D eigenvalue weighted by Crippen LogP contribution is 2.60. The number of hydrogen-bond acceptors (Lipinski definition) is 4. The van der Waals surface area contributed by atoms with Gasteiger partial charge in [0.05, 0.1) is 47.2 Å². The molecular formula is C23H22F24NO4+. The molecule has 0 saturated carbocycles. The number of rotatable bonds is 20. The van der Waals surface area contributed by atoms with Crippen molar-refractivity contribution in [3.05, 3.63) is 0 Å². The molecule has 0 heterocycles. The molecule has 1 atom stereocenters. The molecule has 1 unspecified atom stereocenters. The molecule has 0 bridgehead atoms. The molecule has 0 fully saturated rings. The predicted molar refractivity (Wildman–Crippen MR) is 119 cm³/mol. The van der Waals surface area contributed by atoms with Crippen molar-refractivity contribution in [2.75, 3.05) is 34.4 Å². The monoisotopic (exact) mass is 832 g/mol. The Morgan fingerprint density at radius 1 is 0.481 bits per heavy atom. The highest BCUT2D eigenvalue weighted by Gasteiger charge is 2.89. The first kappa shape index (κ1) is 49.2. The number of carbonyl (C=O) groups is 2. The van der Waals surface area contributed by atoms with Gasteiger partial charge >= 0.3 is 84.0 Å². The van der Waals surface area contributed by atoms with Crippen LogP contribution in [0.5, 0.6) is 0 Å². The number of ether oxygens (including phenoxy) is 2. The van der Waals surface area contributed by atoms with Crippen LogP contribution in [0.4, 0.5) is 105 Å². The zero-order valence-electron chi connectivity index (χ0n) is 25.4. The minimum Gasteiger partial charge on any atom is -0.465 e. The number of halogens is 24. The van der Waals surface area contributed by atoms with E-state index in [9.17, 15) is 115 Å². The quantitative estimate of drug-likeness (QED) is 0.0706. The molecule has 0 aliphatic rings. The Kier molecular flexibility index (Phi) is 14.0. The lowest BCUT2D eigenvalue weighted by Gasteiger charge is -2.39. The van der Waals surface area contributed by atoms with Gasteiger partial charge in [-0.3, -0.25) is 4.79 Å². The summed E-state index contributed by atoms with van der Waals surface area (Å²) in [6, 6.07) is -2.24. The van der Waals surface area contributed by atoms with Crippen LogP contribution in [-0.2, 0) is 19.1 Å². The lowest BCUT2D eigenvalue weighted by atomic mass is 9.93. The number of alkyl halides is 24. The van der Waals surface area contributed by atoms with Crippen LogP contribution < -0.4 is 0 Å². The molecule has 29 heteroatoms. The maximum Gasteiger partial charge on any atom is 0.384 e. The van der Waals surface area contributed by atoms with Crippen molar-refractivity contribution in [2.24, 2.45) is 0 Å². The first-order valence-corrected chi connectivity index (χ1v) is 13.0. The van der Waals surface area contributed by atoms with Crippen LogP contribution in [0.2, 0.25) is 0 Å². The van der Waals surface area contributed by atoms with Crippen LogP contribution in [0.15, 0.2) is 0 Å². The van der Waals surface area contributed by atoms with Crippen molar-refractivity contribution in [2.45, 2.75) is 97.4 Å². The number of quaternary nitrogens is 1. The second-order valence-electron chi connectivity index (χ2n) is 11.4. The highest BCUT2D eigenvalue weighted by atomic mass is 19.4. The van der Waals surface area contributed by atoms with Crippen LogP contribution >= 0.6 is 0 Å². The third kappa shape index (κ3) is 8.46. The molecule has 0 aromatic rings. The summed E-state index contributed by atoms with van der Waals surface area (Å²) in [5, 5.41) is 0. The topological polar surface area (TPSA) is 52.6 Å². The summed E-state index contributed by atoms with van der Waals surface area (Å²) < 4.78 is 325. The van der Waals surface area contributed by atoms with Gasteiger partial charge in [0.25, 0.3) is 0 Å². The van der Waals surface area contributed by atoms with Crippen molar-refractivity contribution in [3.63, 3.8) is 0 Å². The molecule has 0 aliphatic carbocycles. The second-order valence-corrected chi connectivity index (χ2v) is 11.4. The van der Waals surface area contributed by atoms with Crippen LogP contribution in [0.25, 0.3) is 0 Å². The molecule has 0 saturated heterocycles. The maximum absolute atomic E-state index is 13.9. The fourth-order valence-corrected chi connectivity index (χ4v) is 3.42. The number of esters is 2. The smallest absolute Gasteiger partial charge is 0.384 e. The lowest BCUT2D eigenvalue weighted by Crippen LogP contribution is -2.68. The predicted octanol–water partition coefficient (Wildman–Crippen LogP) is 8.20. The Morgan fingerprint density at radius 2 is 0.769 bits per heavy atom. The minimum absolute atomic E-state index is 0.875. The fraction of sp³-hybridized carbons (Fsp3) is 0.913. The molecule has 5 nitrogen and oxygen atoms in total. The van der Waals surface area contributed by atoms with Crippen LogP contribution in [-0.4, -0.2) is 129 Å². The molecular weight excluding hydrogens is 810 g/mol. The van der Waals surface area contributed by atoms with Crippen molar-refractivity contribution >= 4 is 11.9 Å². The summed E-state index contributed by atoms with van der Waals surface area (Å²) in [5.41, 5.74) is 0. The molecule has 0 spiro atoms. The Hall–Kier alpha value is -2.78. The van der Waals surface area contributed by atoms with Gasteiger partial charge in [-0.15, -0.1) is 0 Å². The van der Waals surface area contributed by atoms with E-state index in [1.54, 1.807) is 0 Å². The first-order valence-electron chi connectivity index (χ1n) is 13.0. The summed E-state index contributed by atoms with van der Waals surface area (Å²) in [5.74, 6) is -78.5. The van der Waals surface area contributed by atoms with Gasteiger partial charge in [-0.25, -0.2) is 22.4 Å². The van der Waals surface area contributed by atoms with E-state index in [4.69, 9.17) is 0 Å². The summed E-state index contributed by atoms with van der Waals surface area (Å²) in [6.07, 6.45) is -19.1. The van der Waals surface area contributed by atoms with Gasteiger partial charge in [0.15, 0.2) is 6.04 Å². The molecule has 0 aliphatic heterocycles. The summed E-state index contributed by atoms with van der Waals surface area (Å²) in [4.78, 5) is 24.3. The van der Waals surface area contributed by atoms with Crippen LogP contribution in [0.3, 0.4) is 0 Å².